The first-order chi connectivity index (χ1) is 9.06. The third-order valence-corrected chi connectivity index (χ3v) is 4.19. The zero-order valence-corrected chi connectivity index (χ0v) is 13.8. The lowest BCUT2D eigenvalue weighted by atomic mass is 10.2. The average molecular weight is 392 g/mol. The topological polar surface area (TPSA) is 41.6 Å². The molecule has 1 aliphatic rings. The molecule has 1 unspecified atom stereocenters. The molecule has 4 nitrogen and oxygen atoms in total. The fraction of sp³-hybridized carbons (Fsp3) is 0.462. The number of amides is 1. The van der Waals surface area contributed by atoms with Gasteiger partial charge in [0.2, 0.25) is 0 Å². The summed E-state index contributed by atoms with van der Waals surface area (Å²) in [4.78, 5) is 14.3. The minimum Gasteiger partial charge on any atom is -0.374 e. The molecule has 1 atom stereocenters. The van der Waals surface area contributed by atoms with Crippen molar-refractivity contribution in [3.8, 4) is 0 Å². The number of rotatable bonds is 3. The van der Waals surface area contributed by atoms with Gasteiger partial charge in [0.1, 0.15) is 0 Å². The van der Waals surface area contributed by atoms with E-state index >= 15 is 0 Å². The molecule has 1 aliphatic heterocycles. The van der Waals surface area contributed by atoms with E-state index in [0.29, 0.717) is 12.1 Å². The lowest BCUT2D eigenvalue weighted by molar-refractivity contribution is -0.0175. The van der Waals surface area contributed by atoms with E-state index in [1.54, 1.807) is 6.07 Å². The van der Waals surface area contributed by atoms with Crippen molar-refractivity contribution in [3.05, 3.63) is 32.7 Å². The Bertz CT molecular complexity index is 468. The number of benzene rings is 1. The number of hydrogen-bond acceptors (Lipinski definition) is 3. The van der Waals surface area contributed by atoms with Crippen LogP contribution in [0.2, 0.25) is 0 Å². The molecule has 1 saturated heterocycles. The Morgan fingerprint density at radius 1 is 1.53 bits per heavy atom. The zero-order valence-electron chi connectivity index (χ0n) is 10.7. The van der Waals surface area contributed by atoms with Crippen LogP contribution >= 0.6 is 31.9 Å². The van der Waals surface area contributed by atoms with Crippen LogP contribution in [0, 0.1) is 0 Å². The van der Waals surface area contributed by atoms with Gasteiger partial charge >= 0.3 is 0 Å². The molecule has 0 radical (unpaired) electrons. The van der Waals surface area contributed by atoms with Gasteiger partial charge in [-0.2, -0.15) is 0 Å². The predicted molar refractivity (Wildman–Crippen MR) is 81.4 cm³/mol. The van der Waals surface area contributed by atoms with Crippen molar-refractivity contribution < 1.29 is 9.53 Å². The smallest absolute Gasteiger partial charge is 0.252 e. The molecule has 0 saturated carbocycles. The van der Waals surface area contributed by atoms with Gasteiger partial charge < -0.3 is 15.0 Å². The van der Waals surface area contributed by atoms with Gasteiger partial charge in [-0.25, -0.2) is 0 Å². The normalized spacial score (nSPS) is 20.3. The van der Waals surface area contributed by atoms with E-state index in [9.17, 15) is 4.79 Å². The van der Waals surface area contributed by atoms with Gasteiger partial charge in [-0.3, -0.25) is 4.79 Å². The molecular weight excluding hydrogens is 376 g/mol. The molecule has 0 aliphatic carbocycles. The molecule has 1 aromatic carbocycles. The first-order valence-electron chi connectivity index (χ1n) is 6.09. The molecule has 1 aromatic rings. The third kappa shape index (κ3) is 4.27. The molecule has 0 aromatic heterocycles. The highest BCUT2D eigenvalue weighted by Gasteiger charge is 2.19. The van der Waals surface area contributed by atoms with Gasteiger partial charge in [0.05, 0.1) is 18.3 Å². The van der Waals surface area contributed by atoms with Gasteiger partial charge in [-0.05, 0) is 41.2 Å². The summed E-state index contributed by atoms with van der Waals surface area (Å²) in [6.45, 7) is 3.04. The summed E-state index contributed by atoms with van der Waals surface area (Å²) in [7, 11) is 2.06. The van der Waals surface area contributed by atoms with E-state index in [1.807, 2.05) is 12.1 Å². The number of halogens is 2. The van der Waals surface area contributed by atoms with Crippen molar-refractivity contribution in [2.24, 2.45) is 0 Å². The number of nitrogens with one attached hydrogen (secondary N) is 1. The highest BCUT2D eigenvalue weighted by molar-refractivity contribution is 9.11. The highest BCUT2D eigenvalue weighted by Crippen LogP contribution is 2.21. The average Bonchev–Trinajstić information content (AvgIpc) is 2.39. The molecule has 1 amide bonds. The standard InChI is InChI=1S/C13H16Br2N2O2/c1-17-4-5-19-10(8-17)7-16-13(18)11-6-9(14)2-3-12(11)15/h2-3,6,10H,4-5,7-8H2,1H3,(H,16,18). The van der Waals surface area contributed by atoms with Crippen LogP contribution in [0.1, 0.15) is 10.4 Å². The maximum atomic E-state index is 12.1. The largest absolute Gasteiger partial charge is 0.374 e. The Morgan fingerprint density at radius 3 is 3.05 bits per heavy atom. The number of morpholine rings is 1. The maximum absolute atomic E-state index is 12.1. The molecule has 0 spiro atoms. The van der Waals surface area contributed by atoms with Gasteiger partial charge in [0.25, 0.3) is 5.91 Å². The maximum Gasteiger partial charge on any atom is 0.252 e. The molecule has 104 valence electrons. The van der Waals surface area contributed by atoms with Crippen molar-refractivity contribution in [2.45, 2.75) is 6.10 Å². The Kier molecular flexibility index (Phi) is 5.38. The molecule has 6 heteroatoms. The Morgan fingerprint density at radius 2 is 2.32 bits per heavy atom. The Hall–Kier alpha value is -0.430. The minimum absolute atomic E-state index is 0.0635. The van der Waals surface area contributed by atoms with Gasteiger partial charge in [0.15, 0.2) is 0 Å². The van der Waals surface area contributed by atoms with Crippen LogP contribution in [0.25, 0.3) is 0 Å². The molecule has 1 heterocycles. The second kappa shape index (κ2) is 6.83. The Labute approximate surface area is 129 Å². The number of carbonyl (C=O) groups is 1. The summed E-state index contributed by atoms with van der Waals surface area (Å²) in [5.74, 6) is -0.0926. The van der Waals surface area contributed by atoms with Crippen LogP contribution < -0.4 is 5.32 Å². The van der Waals surface area contributed by atoms with Crippen LogP contribution in [0.5, 0.6) is 0 Å². The van der Waals surface area contributed by atoms with Crippen LogP contribution in [0.4, 0.5) is 0 Å². The van der Waals surface area contributed by atoms with E-state index < -0.39 is 0 Å². The molecule has 2 rings (SSSR count). The number of likely N-dealkylation sites (N-methyl/N-ethyl adjacent to an activating group) is 1. The lowest BCUT2D eigenvalue weighted by Gasteiger charge is -2.30. The van der Waals surface area contributed by atoms with Crippen molar-refractivity contribution in [1.82, 2.24) is 10.2 Å². The predicted octanol–water partition coefficient (Wildman–Crippen LogP) is 2.27. The lowest BCUT2D eigenvalue weighted by Crippen LogP contribution is -2.45. The molecule has 19 heavy (non-hydrogen) atoms. The second-order valence-electron chi connectivity index (χ2n) is 4.59. The third-order valence-electron chi connectivity index (χ3n) is 3.01. The summed E-state index contributed by atoms with van der Waals surface area (Å²) in [6.07, 6.45) is 0.0635. The van der Waals surface area contributed by atoms with E-state index in [2.05, 4.69) is 49.1 Å². The number of carbonyl (C=O) groups excluding carboxylic acids is 1. The highest BCUT2D eigenvalue weighted by atomic mass is 79.9. The second-order valence-corrected chi connectivity index (χ2v) is 6.36. The number of nitrogens with zero attached hydrogens (tertiary/aromatic N) is 1. The van der Waals surface area contributed by atoms with Gasteiger partial charge in [-0.15, -0.1) is 0 Å². The van der Waals surface area contributed by atoms with E-state index in [4.69, 9.17) is 4.74 Å². The summed E-state index contributed by atoms with van der Waals surface area (Å²) in [5, 5.41) is 2.92. The van der Waals surface area contributed by atoms with Crippen molar-refractivity contribution >= 4 is 37.8 Å². The minimum atomic E-state index is -0.0926. The summed E-state index contributed by atoms with van der Waals surface area (Å²) < 4.78 is 7.28. The Balaban J connectivity index is 1.92. The quantitative estimate of drug-likeness (QED) is 0.859. The van der Waals surface area contributed by atoms with Crippen LogP contribution in [-0.2, 0) is 4.74 Å². The molecule has 1 fully saturated rings. The van der Waals surface area contributed by atoms with E-state index in [-0.39, 0.29) is 12.0 Å². The monoisotopic (exact) mass is 390 g/mol. The van der Waals surface area contributed by atoms with Crippen LogP contribution in [0.3, 0.4) is 0 Å². The van der Waals surface area contributed by atoms with Crippen molar-refractivity contribution in [1.29, 1.82) is 0 Å². The molecular formula is C13H16Br2N2O2. The first-order valence-corrected chi connectivity index (χ1v) is 7.68. The number of ether oxygens (including phenoxy) is 1. The first kappa shape index (κ1) is 15.0. The van der Waals surface area contributed by atoms with Crippen molar-refractivity contribution in [3.63, 3.8) is 0 Å². The van der Waals surface area contributed by atoms with Crippen LogP contribution in [0.15, 0.2) is 27.1 Å². The fourth-order valence-electron chi connectivity index (χ4n) is 1.96. The fourth-order valence-corrected chi connectivity index (χ4v) is 2.75. The van der Waals surface area contributed by atoms with Crippen LogP contribution in [-0.4, -0.2) is 50.2 Å². The van der Waals surface area contributed by atoms with E-state index in [0.717, 1.165) is 28.6 Å². The SMILES string of the molecule is CN1CCOC(CNC(=O)c2cc(Br)ccc2Br)C1. The summed E-state index contributed by atoms with van der Waals surface area (Å²) in [5.41, 5.74) is 0.624. The zero-order chi connectivity index (χ0) is 13.8. The van der Waals surface area contributed by atoms with Gasteiger partial charge in [-0.1, -0.05) is 15.9 Å². The number of hydrogen-bond donors (Lipinski definition) is 1. The van der Waals surface area contributed by atoms with Crippen molar-refractivity contribution in [2.75, 3.05) is 33.3 Å². The van der Waals surface area contributed by atoms with E-state index in [1.165, 1.54) is 0 Å². The summed E-state index contributed by atoms with van der Waals surface area (Å²) in [6, 6.07) is 5.54. The molecule has 1 N–H and O–H groups in total. The molecule has 0 bridgehead atoms. The van der Waals surface area contributed by atoms with Gasteiger partial charge in [0, 0.05) is 28.6 Å². The summed E-state index contributed by atoms with van der Waals surface area (Å²) >= 11 is 6.75.